The highest BCUT2D eigenvalue weighted by Crippen LogP contribution is 2.23. The van der Waals surface area contributed by atoms with Crippen LogP contribution in [0.25, 0.3) is 16.5 Å². The first kappa shape index (κ1) is 15.7. The fraction of sp³-hybridized carbons (Fsp3) is 0.250. The molecule has 0 aliphatic heterocycles. The van der Waals surface area contributed by atoms with Gasteiger partial charge in [0.1, 0.15) is 11.6 Å². The Kier molecular flexibility index (Phi) is 4.54. The molecule has 0 radical (unpaired) electrons. The summed E-state index contributed by atoms with van der Waals surface area (Å²) in [6.45, 7) is 3.56. The molecule has 8 heteroatoms. The van der Waals surface area contributed by atoms with Gasteiger partial charge in [0.25, 0.3) is 0 Å². The molecule has 0 aliphatic rings. The van der Waals surface area contributed by atoms with Crippen LogP contribution in [-0.4, -0.2) is 38.9 Å². The fourth-order valence-electron chi connectivity index (χ4n) is 2.56. The predicted molar refractivity (Wildman–Crippen MR) is 89.9 cm³/mol. The third kappa shape index (κ3) is 3.11. The third-order valence-electron chi connectivity index (χ3n) is 3.72. The van der Waals surface area contributed by atoms with Crippen molar-refractivity contribution in [2.24, 2.45) is 0 Å². The van der Waals surface area contributed by atoms with E-state index in [0.717, 1.165) is 23.1 Å². The van der Waals surface area contributed by atoms with E-state index in [0.29, 0.717) is 12.2 Å². The van der Waals surface area contributed by atoms with Crippen molar-refractivity contribution in [3.8, 4) is 6.07 Å². The lowest BCUT2D eigenvalue weighted by Crippen LogP contribution is -2.05. The van der Waals surface area contributed by atoms with Gasteiger partial charge >= 0.3 is 0 Å². The van der Waals surface area contributed by atoms with Crippen LogP contribution in [0.3, 0.4) is 0 Å². The van der Waals surface area contributed by atoms with Crippen LogP contribution >= 0.6 is 0 Å². The minimum absolute atomic E-state index is 0.257. The predicted octanol–water partition coefficient (Wildman–Crippen LogP) is 2.09. The van der Waals surface area contributed by atoms with Crippen LogP contribution in [0.15, 0.2) is 30.5 Å². The number of nitriles is 1. The van der Waals surface area contributed by atoms with Gasteiger partial charge in [-0.15, -0.1) is 10.2 Å². The Hall–Kier alpha value is -3.18. The number of nitrogens with zero attached hydrogens (tertiary/aromatic N) is 5. The van der Waals surface area contributed by atoms with Gasteiger partial charge in [0.05, 0.1) is 6.61 Å². The number of ether oxygens (including phenoxy) is 1. The van der Waals surface area contributed by atoms with Crippen molar-refractivity contribution in [3.05, 3.63) is 42.0 Å². The van der Waals surface area contributed by atoms with Crippen LogP contribution in [0.2, 0.25) is 0 Å². The van der Waals surface area contributed by atoms with E-state index in [1.54, 1.807) is 13.3 Å². The summed E-state index contributed by atoms with van der Waals surface area (Å²) in [5, 5.41) is 26.8. The van der Waals surface area contributed by atoms with Gasteiger partial charge in [-0.3, -0.25) is 0 Å². The molecule has 0 saturated carbocycles. The van der Waals surface area contributed by atoms with Gasteiger partial charge in [0, 0.05) is 42.1 Å². The zero-order chi connectivity index (χ0) is 16.9. The lowest BCUT2D eigenvalue weighted by atomic mass is 10.2. The first-order valence-electron chi connectivity index (χ1n) is 7.42. The van der Waals surface area contributed by atoms with Gasteiger partial charge in [-0.2, -0.15) is 10.5 Å². The average molecular weight is 323 g/mol. The molecule has 3 aromatic rings. The van der Waals surface area contributed by atoms with E-state index in [4.69, 9.17) is 4.74 Å². The summed E-state index contributed by atoms with van der Waals surface area (Å²) in [5.41, 5.74) is 3.51. The first-order chi connectivity index (χ1) is 11.7. The Labute approximate surface area is 138 Å². The monoisotopic (exact) mass is 323 g/mol. The molecule has 122 valence electrons. The van der Waals surface area contributed by atoms with E-state index in [-0.39, 0.29) is 5.82 Å². The van der Waals surface area contributed by atoms with Gasteiger partial charge in [0.2, 0.25) is 5.82 Å². The number of tetrazole rings is 1. The highest BCUT2D eigenvalue weighted by Gasteiger charge is 2.08. The number of aryl methyl sites for hydroxylation is 1. The zero-order valence-corrected chi connectivity index (χ0v) is 13.4. The second-order valence-electron chi connectivity index (χ2n) is 5.25. The molecule has 0 spiro atoms. The molecule has 0 bridgehead atoms. The van der Waals surface area contributed by atoms with Crippen molar-refractivity contribution >= 4 is 22.2 Å². The maximum Gasteiger partial charge on any atom is 0.216 e. The van der Waals surface area contributed by atoms with Gasteiger partial charge in [-0.1, -0.05) is 0 Å². The Bertz CT molecular complexity index is 903. The van der Waals surface area contributed by atoms with E-state index < -0.39 is 0 Å². The summed E-state index contributed by atoms with van der Waals surface area (Å²) in [7, 11) is 1.70. The summed E-state index contributed by atoms with van der Waals surface area (Å²) in [6.07, 6.45) is 1.57. The standard InChI is InChI=1S/C16H17N7O/c1-11-7-12-8-14(3-4-15(12)23(11)5-6-24-2)18-10-13(9-17)16-19-21-22-20-16/h3-4,7-8,10,18H,5-6H2,1-2H3,(H,19,20,21,22). The highest BCUT2D eigenvalue weighted by molar-refractivity contribution is 5.85. The van der Waals surface area contributed by atoms with Gasteiger partial charge in [-0.05, 0) is 36.4 Å². The average Bonchev–Trinajstić information content (AvgIpc) is 3.21. The molecule has 8 nitrogen and oxygen atoms in total. The number of benzene rings is 1. The third-order valence-corrected chi connectivity index (χ3v) is 3.72. The van der Waals surface area contributed by atoms with E-state index in [9.17, 15) is 5.26 Å². The van der Waals surface area contributed by atoms with Crippen LogP contribution in [0.4, 0.5) is 5.69 Å². The number of rotatable bonds is 6. The van der Waals surface area contributed by atoms with E-state index in [1.165, 1.54) is 5.69 Å². The fourth-order valence-corrected chi connectivity index (χ4v) is 2.56. The molecular formula is C16H17N7O. The summed E-state index contributed by atoms with van der Waals surface area (Å²) >= 11 is 0. The number of allylic oxidation sites excluding steroid dienone is 1. The van der Waals surface area contributed by atoms with E-state index >= 15 is 0 Å². The number of aromatic nitrogens is 5. The van der Waals surface area contributed by atoms with Crippen molar-refractivity contribution in [2.75, 3.05) is 19.0 Å². The first-order valence-corrected chi connectivity index (χ1v) is 7.42. The second-order valence-corrected chi connectivity index (χ2v) is 5.25. The van der Waals surface area contributed by atoms with Gasteiger partial charge in [0.15, 0.2) is 0 Å². The smallest absolute Gasteiger partial charge is 0.216 e. The quantitative estimate of drug-likeness (QED) is 0.673. The minimum atomic E-state index is 0.257. The highest BCUT2D eigenvalue weighted by atomic mass is 16.5. The topological polar surface area (TPSA) is 104 Å². The summed E-state index contributed by atoms with van der Waals surface area (Å²) < 4.78 is 7.39. The minimum Gasteiger partial charge on any atom is -0.383 e. The summed E-state index contributed by atoms with van der Waals surface area (Å²) in [4.78, 5) is 0. The van der Waals surface area contributed by atoms with Crippen LogP contribution < -0.4 is 5.32 Å². The molecule has 24 heavy (non-hydrogen) atoms. The molecule has 3 rings (SSSR count). The maximum absolute atomic E-state index is 9.17. The molecule has 0 amide bonds. The van der Waals surface area contributed by atoms with E-state index in [2.05, 4.69) is 49.6 Å². The van der Waals surface area contributed by atoms with Crippen LogP contribution in [-0.2, 0) is 11.3 Å². The molecule has 0 atom stereocenters. The SMILES string of the molecule is COCCn1c(C)cc2cc(NC=C(C#N)c3nn[nH]n3)ccc21. The van der Waals surface area contributed by atoms with Gasteiger partial charge < -0.3 is 14.6 Å². The Morgan fingerprint density at radius 1 is 1.46 bits per heavy atom. The molecule has 2 N–H and O–H groups in total. The lowest BCUT2D eigenvalue weighted by molar-refractivity contribution is 0.188. The van der Waals surface area contributed by atoms with Crippen molar-refractivity contribution in [1.82, 2.24) is 25.2 Å². The number of fused-ring (bicyclic) bond motifs is 1. The van der Waals surface area contributed by atoms with Crippen molar-refractivity contribution in [3.63, 3.8) is 0 Å². The van der Waals surface area contributed by atoms with Crippen LogP contribution in [0.5, 0.6) is 0 Å². The molecule has 2 heterocycles. The maximum atomic E-state index is 9.17. The molecule has 0 unspecified atom stereocenters. The zero-order valence-electron chi connectivity index (χ0n) is 13.4. The molecule has 2 aromatic heterocycles. The summed E-state index contributed by atoms with van der Waals surface area (Å²) in [5.74, 6) is 0.257. The molecule has 0 fully saturated rings. The number of nitrogens with one attached hydrogen (secondary N) is 2. The lowest BCUT2D eigenvalue weighted by Gasteiger charge is -2.08. The largest absolute Gasteiger partial charge is 0.383 e. The number of anilines is 1. The molecule has 0 saturated heterocycles. The van der Waals surface area contributed by atoms with Crippen molar-refractivity contribution in [2.45, 2.75) is 13.5 Å². The number of hydrogen-bond acceptors (Lipinski definition) is 6. The molecular weight excluding hydrogens is 306 g/mol. The summed E-state index contributed by atoms with van der Waals surface area (Å²) in [6, 6.07) is 10.2. The van der Waals surface area contributed by atoms with Gasteiger partial charge in [-0.25, -0.2) is 0 Å². The normalized spacial score (nSPS) is 11.6. The Morgan fingerprint density at radius 2 is 2.33 bits per heavy atom. The molecule has 0 aliphatic carbocycles. The Morgan fingerprint density at radius 3 is 3.04 bits per heavy atom. The van der Waals surface area contributed by atoms with Crippen molar-refractivity contribution in [1.29, 1.82) is 5.26 Å². The number of H-pyrrole nitrogens is 1. The number of aromatic amines is 1. The second kappa shape index (κ2) is 6.93. The number of methoxy groups -OCH3 is 1. The van der Waals surface area contributed by atoms with E-state index in [1.807, 2.05) is 18.2 Å². The molecule has 1 aromatic carbocycles. The van der Waals surface area contributed by atoms with Crippen LogP contribution in [0, 0.1) is 18.3 Å². The van der Waals surface area contributed by atoms with Crippen LogP contribution in [0.1, 0.15) is 11.5 Å². The Balaban J connectivity index is 1.85. The number of hydrogen-bond donors (Lipinski definition) is 2. The van der Waals surface area contributed by atoms with Crippen molar-refractivity contribution < 1.29 is 4.74 Å².